The fourth-order valence-corrected chi connectivity index (χ4v) is 4.82. The van der Waals surface area contributed by atoms with Gasteiger partial charge in [-0.2, -0.15) is 0 Å². The molecule has 3 N–H and O–H groups in total. The number of amides is 1. The molecule has 2 saturated heterocycles. The highest BCUT2D eigenvalue weighted by molar-refractivity contribution is 5.70. The van der Waals surface area contributed by atoms with Gasteiger partial charge >= 0.3 is 6.09 Å². The van der Waals surface area contributed by atoms with Gasteiger partial charge in [-0.15, -0.1) is 0 Å². The summed E-state index contributed by atoms with van der Waals surface area (Å²) < 4.78 is 29.9. The van der Waals surface area contributed by atoms with E-state index in [9.17, 15) is 9.90 Å². The number of aliphatic hydroxyl groups excluding tert-OH is 1. The summed E-state index contributed by atoms with van der Waals surface area (Å²) in [7, 11) is 0. The molecule has 0 bridgehead atoms. The van der Waals surface area contributed by atoms with Crippen molar-refractivity contribution in [1.29, 1.82) is 0 Å². The van der Waals surface area contributed by atoms with Crippen LogP contribution in [0, 0.1) is 11.8 Å². The van der Waals surface area contributed by atoms with Crippen LogP contribution in [0.5, 0.6) is 0 Å². The Labute approximate surface area is 242 Å². The van der Waals surface area contributed by atoms with Crippen molar-refractivity contribution < 1.29 is 33.6 Å². The van der Waals surface area contributed by atoms with Crippen LogP contribution in [0.2, 0.25) is 0 Å². The molecule has 0 aromatic heterocycles. The highest BCUT2D eigenvalue weighted by atomic mass is 16.6. The van der Waals surface area contributed by atoms with Crippen LogP contribution in [0.25, 0.3) is 0 Å². The van der Waals surface area contributed by atoms with Gasteiger partial charge in [0.15, 0.2) is 0 Å². The third kappa shape index (κ3) is 8.29. The van der Waals surface area contributed by atoms with Gasteiger partial charge < -0.3 is 34.5 Å². The Bertz CT molecular complexity index is 1190. The van der Waals surface area contributed by atoms with Crippen LogP contribution in [-0.2, 0) is 36.9 Å². The molecule has 9 nitrogen and oxygen atoms in total. The molecule has 2 aromatic rings. The molecule has 1 amide bonds. The number of nitrogens with two attached hydrogens (primary N) is 1. The Morgan fingerprint density at radius 3 is 2.27 bits per heavy atom. The standard InChI is InChI=1S/C32H42N2O7/c1-31(2,3)41-30(36)34-24(20-39-32(34,4)5)16-17-25-27(33)28(35)29(38-19-23-14-10-7-11-15-23)26(40-25)21-37-18-22-12-8-6-9-13-22/h6-15,24-29,35H,18-21,33H2,1-5H3/t24-,25?,26?,27?,28?,29?/m0/s1. The molecule has 222 valence electrons. The number of ether oxygens (including phenoxy) is 5. The number of carbonyl (C=O) groups is 1. The maximum atomic E-state index is 13.0. The maximum Gasteiger partial charge on any atom is 0.413 e. The van der Waals surface area contributed by atoms with Crippen LogP contribution in [0.3, 0.4) is 0 Å². The minimum absolute atomic E-state index is 0.167. The lowest BCUT2D eigenvalue weighted by atomic mass is 9.93. The summed E-state index contributed by atoms with van der Waals surface area (Å²) in [6.45, 7) is 10.0. The second-order valence-corrected chi connectivity index (χ2v) is 11.8. The first-order chi connectivity index (χ1) is 19.4. The van der Waals surface area contributed by atoms with E-state index in [1.54, 1.807) is 13.8 Å². The SMILES string of the molecule is CC(C)(C)OC(=O)N1[C@@H](C#CC2OC(COCc3ccccc3)C(OCc3ccccc3)C(O)C2N)COC1(C)C. The van der Waals surface area contributed by atoms with Crippen molar-refractivity contribution in [3.63, 3.8) is 0 Å². The third-order valence-corrected chi connectivity index (χ3v) is 6.92. The summed E-state index contributed by atoms with van der Waals surface area (Å²) in [5.74, 6) is 6.17. The summed E-state index contributed by atoms with van der Waals surface area (Å²) in [5, 5.41) is 11.3. The van der Waals surface area contributed by atoms with E-state index >= 15 is 0 Å². The van der Waals surface area contributed by atoms with Gasteiger partial charge in [0.25, 0.3) is 0 Å². The topological polar surface area (TPSA) is 113 Å². The van der Waals surface area contributed by atoms with Crippen LogP contribution in [0.1, 0.15) is 45.7 Å². The molecule has 2 fully saturated rings. The Morgan fingerprint density at radius 1 is 1.05 bits per heavy atom. The van der Waals surface area contributed by atoms with Gasteiger partial charge in [-0.05, 0) is 45.7 Å². The molecule has 9 heteroatoms. The Morgan fingerprint density at radius 2 is 1.66 bits per heavy atom. The highest BCUT2D eigenvalue weighted by Gasteiger charge is 2.46. The maximum absolute atomic E-state index is 13.0. The van der Waals surface area contributed by atoms with Gasteiger partial charge in [-0.3, -0.25) is 4.90 Å². The van der Waals surface area contributed by atoms with Crippen LogP contribution >= 0.6 is 0 Å². The van der Waals surface area contributed by atoms with Gasteiger partial charge in [0.05, 0.1) is 32.5 Å². The first kappa shape index (κ1) is 31.0. The highest BCUT2D eigenvalue weighted by Crippen LogP contribution is 2.30. The minimum atomic E-state index is -1.06. The first-order valence-electron chi connectivity index (χ1n) is 14.0. The summed E-state index contributed by atoms with van der Waals surface area (Å²) in [4.78, 5) is 14.5. The fourth-order valence-electron chi connectivity index (χ4n) is 4.82. The molecule has 4 rings (SSSR count). The number of hydrogen-bond donors (Lipinski definition) is 2. The van der Waals surface area contributed by atoms with E-state index in [-0.39, 0.29) is 19.8 Å². The smallest absolute Gasteiger partial charge is 0.413 e. The zero-order chi connectivity index (χ0) is 29.6. The monoisotopic (exact) mass is 566 g/mol. The second kappa shape index (κ2) is 13.3. The predicted molar refractivity (Wildman–Crippen MR) is 153 cm³/mol. The lowest BCUT2D eigenvalue weighted by molar-refractivity contribution is -0.202. The molecule has 2 aromatic carbocycles. The van der Waals surface area contributed by atoms with Gasteiger partial charge in [-0.1, -0.05) is 72.5 Å². The van der Waals surface area contributed by atoms with Gasteiger partial charge in [0.1, 0.15) is 41.8 Å². The van der Waals surface area contributed by atoms with Gasteiger partial charge in [-0.25, -0.2) is 4.79 Å². The predicted octanol–water partition coefficient (Wildman–Crippen LogP) is 3.62. The largest absolute Gasteiger partial charge is 0.444 e. The molecule has 0 aliphatic carbocycles. The van der Waals surface area contributed by atoms with Crippen molar-refractivity contribution in [2.45, 2.75) is 95.7 Å². The molecule has 5 unspecified atom stereocenters. The number of aliphatic hydroxyl groups is 1. The Hall–Kier alpha value is -2.97. The molecule has 2 aliphatic heterocycles. The van der Waals surface area contributed by atoms with E-state index in [4.69, 9.17) is 29.4 Å². The van der Waals surface area contributed by atoms with Crippen LogP contribution in [-0.4, -0.2) is 77.1 Å². The van der Waals surface area contributed by atoms with E-state index in [1.807, 2.05) is 81.4 Å². The third-order valence-electron chi connectivity index (χ3n) is 6.92. The molecule has 41 heavy (non-hydrogen) atoms. The van der Waals surface area contributed by atoms with Crippen molar-refractivity contribution in [2.24, 2.45) is 5.73 Å². The van der Waals surface area contributed by atoms with E-state index in [1.165, 1.54) is 4.90 Å². The van der Waals surface area contributed by atoms with Gasteiger partial charge in [0.2, 0.25) is 0 Å². The first-order valence-corrected chi connectivity index (χ1v) is 14.0. The van der Waals surface area contributed by atoms with E-state index in [0.717, 1.165) is 11.1 Å². The van der Waals surface area contributed by atoms with Crippen molar-refractivity contribution in [1.82, 2.24) is 4.90 Å². The molecule has 2 aliphatic rings. The zero-order valence-corrected chi connectivity index (χ0v) is 24.5. The lowest BCUT2D eigenvalue weighted by Crippen LogP contribution is -2.62. The number of benzene rings is 2. The Kier molecular flexibility index (Phi) is 10.1. The molecule has 0 radical (unpaired) electrons. The van der Waals surface area contributed by atoms with Crippen LogP contribution in [0.4, 0.5) is 4.79 Å². The van der Waals surface area contributed by atoms with Crippen molar-refractivity contribution >= 4 is 6.09 Å². The van der Waals surface area contributed by atoms with E-state index in [0.29, 0.717) is 6.61 Å². The molecular weight excluding hydrogens is 524 g/mol. The van der Waals surface area contributed by atoms with Gasteiger partial charge in [0, 0.05) is 0 Å². The second-order valence-electron chi connectivity index (χ2n) is 11.8. The average Bonchev–Trinajstić information content (AvgIpc) is 3.23. The molecular formula is C32H42N2O7. The zero-order valence-electron chi connectivity index (χ0n) is 24.5. The number of carbonyl (C=O) groups excluding carboxylic acids is 1. The number of rotatable bonds is 7. The molecule has 2 heterocycles. The Balaban J connectivity index is 1.49. The van der Waals surface area contributed by atoms with Crippen molar-refractivity contribution in [3.8, 4) is 11.8 Å². The normalized spacial score (nSPS) is 27.6. The van der Waals surface area contributed by atoms with Crippen LogP contribution in [0.15, 0.2) is 60.7 Å². The molecule has 6 atom stereocenters. The summed E-state index contributed by atoms with van der Waals surface area (Å²) in [5.41, 5.74) is 6.85. The number of nitrogens with zero attached hydrogens (tertiary/aromatic N) is 1. The summed E-state index contributed by atoms with van der Waals surface area (Å²) >= 11 is 0. The summed E-state index contributed by atoms with van der Waals surface area (Å²) in [6.07, 6.45) is -3.76. The molecule has 0 saturated carbocycles. The van der Waals surface area contributed by atoms with E-state index < -0.39 is 53.9 Å². The fraction of sp³-hybridized carbons (Fsp3) is 0.531. The van der Waals surface area contributed by atoms with Crippen LogP contribution < -0.4 is 5.73 Å². The van der Waals surface area contributed by atoms with Crippen molar-refractivity contribution in [2.75, 3.05) is 13.2 Å². The minimum Gasteiger partial charge on any atom is -0.444 e. The average molecular weight is 567 g/mol. The molecule has 0 spiro atoms. The number of hydrogen-bond acceptors (Lipinski definition) is 8. The lowest BCUT2D eigenvalue weighted by Gasteiger charge is -2.41. The quantitative estimate of drug-likeness (QED) is 0.489. The van der Waals surface area contributed by atoms with Crippen molar-refractivity contribution in [3.05, 3.63) is 71.8 Å². The summed E-state index contributed by atoms with van der Waals surface area (Å²) in [6, 6.07) is 18.1. The van der Waals surface area contributed by atoms with E-state index in [2.05, 4.69) is 11.8 Å².